The van der Waals surface area contributed by atoms with Gasteiger partial charge in [0.25, 0.3) is 0 Å². The number of hydrogen-bond donors (Lipinski definition) is 1. The van der Waals surface area contributed by atoms with E-state index in [1.807, 2.05) is 6.92 Å². The van der Waals surface area contributed by atoms with E-state index in [2.05, 4.69) is 35.1 Å². The molecule has 17 heavy (non-hydrogen) atoms. The van der Waals surface area contributed by atoms with Crippen LogP contribution in [-0.2, 0) is 0 Å². The molecule has 0 aliphatic carbocycles. The second kappa shape index (κ2) is 6.97. The van der Waals surface area contributed by atoms with E-state index in [0.29, 0.717) is 22.7 Å². The van der Waals surface area contributed by atoms with E-state index >= 15 is 0 Å². The fourth-order valence-corrected chi connectivity index (χ4v) is 1.74. The van der Waals surface area contributed by atoms with Crippen LogP contribution in [0, 0.1) is 11.7 Å². The van der Waals surface area contributed by atoms with E-state index in [0.717, 1.165) is 6.54 Å². The van der Waals surface area contributed by atoms with E-state index in [4.69, 9.17) is 4.74 Å². The summed E-state index contributed by atoms with van der Waals surface area (Å²) < 4.78 is 19.7. The van der Waals surface area contributed by atoms with Crippen molar-refractivity contribution in [1.82, 2.24) is 5.32 Å². The third-order valence-corrected chi connectivity index (χ3v) is 2.70. The van der Waals surface area contributed by atoms with Crippen LogP contribution in [0.3, 0.4) is 0 Å². The van der Waals surface area contributed by atoms with E-state index < -0.39 is 0 Å². The molecular formula is C13H19BrFNO. The quantitative estimate of drug-likeness (QED) is 0.867. The van der Waals surface area contributed by atoms with Crippen molar-refractivity contribution in [3.63, 3.8) is 0 Å². The van der Waals surface area contributed by atoms with Crippen LogP contribution in [0.4, 0.5) is 4.39 Å². The Kier molecular flexibility index (Phi) is 5.92. The van der Waals surface area contributed by atoms with Crippen molar-refractivity contribution in [2.24, 2.45) is 5.92 Å². The first-order valence-corrected chi connectivity index (χ1v) is 6.60. The van der Waals surface area contributed by atoms with Crippen LogP contribution in [-0.4, -0.2) is 19.2 Å². The van der Waals surface area contributed by atoms with Crippen LogP contribution in [0.5, 0.6) is 5.75 Å². The molecule has 2 nitrogen and oxygen atoms in total. The molecule has 4 heteroatoms. The Morgan fingerprint density at radius 2 is 2.00 bits per heavy atom. The highest BCUT2D eigenvalue weighted by atomic mass is 79.9. The van der Waals surface area contributed by atoms with E-state index in [1.54, 1.807) is 12.1 Å². The maximum atomic E-state index is 13.5. The first-order valence-electron chi connectivity index (χ1n) is 5.81. The Hall–Kier alpha value is -0.610. The predicted molar refractivity (Wildman–Crippen MR) is 71.9 cm³/mol. The Labute approximate surface area is 111 Å². The average molecular weight is 304 g/mol. The van der Waals surface area contributed by atoms with Gasteiger partial charge in [-0.2, -0.15) is 0 Å². The summed E-state index contributed by atoms with van der Waals surface area (Å²) >= 11 is 3.21. The summed E-state index contributed by atoms with van der Waals surface area (Å²) in [5.41, 5.74) is 0. The van der Waals surface area contributed by atoms with Crippen LogP contribution in [0.25, 0.3) is 0 Å². The zero-order valence-electron chi connectivity index (χ0n) is 10.5. The van der Waals surface area contributed by atoms with Gasteiger partial charge in [0, 0.05) is 11.0 Å². The first kappa shape index (κ1) is 14.5. The molecule has 1 aromatic carbocycles. The van der Waals surface area contributed by atoms with Gasteiger partial charge in [0.15, 0.2) is 11.6 Å². The minimum Gasteiger partial charge on any atom is -0.486 e. The molecule has 0 amide bonds. The van der Waals surface area contributed by atoms with Gasteiger partial charge in [-0.15, -0.1) is 0 Å². The first-order chi connectivity index (χ1) is 7.99. The average Bonchev–Trinajstić information content (AvgIpc) is 2.21. The number of nitrogens with one attached hydrogen (secondary N) is 1. The smallest absolute Gasteiger partial charge is 0.166 e. The Bertz CT molecular complexity index is 357. The van der Waals surface area contributed by atoms with Gasteiger partial charge in [0.1, 0.15) is 6.10 Å². The lowest BCUT2D eigenvalue weighted by atomic mass is 10.2. The molecule has 0 spiro atoms. The number of halogens is 2. The molecule has 0 aliphatic rings. The van der Waals surface area contributed by atoms with Crippen molar-refractivity contribution in [2.75, 3.05) is 13.1 Å². The second-order valence-electron chi connectivity index (χ2n) is 4.56. The number of rotatable bonds is 6. The number of benzene rings is 1. The molecule has 0 aromatic heterocycles. The molecule has 1 unspecified atom stereocenters. The molecule has 1 rings (SSSR count). The van der Waals surface area contributed by atoms with Gasteiger partial charge >= 0.3 is 0 Å². The lowest BCUT2D eigenvalue weighted by Crippen LogP contribution is -2.31. The second-order valence-corrected chi connectivity index (χ2v) is 5.47. The van der Waals surface area contributed by atoms with Gasteiger partial charge in [-0.3, -0.25) is 0 Å². The molecule has 0 saturated heterocycles. The lowest BCUT2D eigenvalue weighted by molar-refractivity contribution is 0.206. The van der Waals surface area contributed by atoms with Gasteiger partial charge in [0.05, 0.1) is 0 Å². The maximum Gasteiger partial charge on any atom is 0.166 e. The number of hydrogen-bond acceptors (Lipinski definition) is 2. The van der Waals surface area contributed by atoms with Gasteiger partial charge in [0.2, 0.25) is 0 Å². The topological polar surface area (TPSA) is 21.3 Å². The minimum absolute atomic E-state index is 0.0515. The van der Waals surface area contributed by atoms with Gasteiger partial charge in [-0.1, -0.05) is 29.8 Å². The normalized spacial score (nSPS) is 12.8. The fraction of sp³-hybridized carbons (Fsp3) is 0.538. The molecule has 0 fully saturated rings. The zero-order valence-corrected chi connectivity index (χ0v) is 12.1. The molecule has 96 valence electrons. The fourth-order valence-electron chi connectivity index (χ4n) is 1.40. The summed E-state index contributed by atoms with van der Waals surface area (Å²) in [6, 6.07) is 4.81. The van der Waals surface area contributed by atoms with Crippen LogP contribution >= 0.6 is 15.9 Å². The van der Waals surface area contributed by atoms with Crippen LogP contribution in [0.2, 0.25) is 0 Å². The standard InChI is InChI=1S/C13H19BrFNO/c1-9(2)7-16-8-10(3)17-13-5-4-11(14)6-12(13)15/h4-6,9-10,16H,7-8H2,1-3H3. The Balaban J connectivity index is 2.42. The van der Waals surface area contributed by atoms with Crippen LogP contribution in [0.1, 0.15) is 20.8 Å². The highest BCUT2D eigenvalue weighted by molar-refractivity contribution is 9.10. The van der Waals surface area contributed by atoms with Gasteiger partial charge in [-0.25, -0.2) is 4.39 Å². The molecule has 0 radical (unpaired) electrons. The van der Waals surface area contributed by atoms with Crippen molar-refractivity contribution in [1.29, 1.82) is 0 Å². The van der Waals surface area contributed by atoms with E-state index in [-0.39, 0.29) is 11.9 Å². The summed E-state index contributed by atoms with van der Waals surface area (Å²) in [5.74, 6) is 0.564. The summed E-state index contributed by atoms with van der Waals surface area (Å²) in [7, 11) is 0. The van der Waals surface area contributed by atoms with Gasteiger partial charge < -0.3 is 10.1 Å². The molecule has 1 atom stereocenters. The monoisotopic (exact) mass is 303 g/mol. The molecule has 1 N–H and O–H groups in total. The van der Waals surface area contributed by atoms with E-state index in [9.17, 15) is 4.39 Å². The van der Waals surface area contributed by atoms with Crippen molar-refractivity contribution in [3.05, 3.63) is 28.5 Å². The van der Waals surface area contributed by atoms with Crippen molar-refractivity contribution in [3.8, 4) is 5.75 Å². The zero-order chi connectivity index (χ0) is 12.8. The summed E-state index contributed by atoms with van der Waals surface area (Å²) in [4.78, 5) is 0. The van der Waals surface area contributed by atoms with Crippen LogP contribution in [0.15, 0.2) is 22.7 Å². The molecule has 0 heterocycles. The summed E-state index contributed by atoms with van der Waals surface area (Å²) in [6.45, 7) is 7.87. The van der Waals surface area contributed by atoms with Crippen LogP contribution < -0.4 is 10.1 Å². The third-order valence-electron chi connectivity index (χ3n) is 2.21. The highest BCUT2D eigenvalue weighted by Gasteiger charge is 2.08. The minimum atomic E-state index is -0.338. The largest absolute Gasteiger partial charge is 0.486 e. The maximum absolute atomic E-state index is 13.5. The predicted octanol–water partition coefficient (Wildman–Crippen LogP) is 3.60. The SMILES string of the molecule is CC(C)CNCC(C)Oc1ccc(Br)cc1F. The van der Waals surface area contributed by atoms with Crippen molar-refractivity contribution < 1.29 is 9.13 Å². The molecular weight excluding hydrogens is 285 g/mol. The summed E-state index contributed by atoms with van der Waals surface area (Å²) in [6.07, 6.45) is -0.0515. The van der Waals surface area contributed by atoms with E-state index in [1.165, 1.54) is 6.07 Å². The molecule has 0 aliphatic heterocycles. The summed E-state index contributed by atoms with van der Waals surface area (Å²) in [5, 5.41) is 3.28. The highest BCUT2D eigenvalue weighted by Crippen LogP contribution is 2.22. The van der Waals surface area contributed by atoms with Crippen molar-refractivity contribution in [2.45, 2.75) is 26.9 Å². The Morgan fingerprint density at radius 1 is 1.29 bits per heavy atom. The van der Waals surface area contributed by atoms with Crippen molar-refractivity contribution >= 4 is 15.9 Å². The Morgan fingerprint density at radius 3 is 2.59 bits per heavy atom. The molecule has 0 saturated carbocycles. The molecule has 1 aromatic rings. The lowest BCUT2D eigenvalue weighted by Gasteiger charge is -2.16. The third kappa shape index (κ3) is 5.50. The molecule has 0 bridgehead atoms. The number of ether oxygens (including phenoxy) is 1. The van der Waals surface area contributed by atoms with Gasteiger partial charge in [-0.05, 0) is 37.6 Å².